The number of nitrogens with zero attached hydrogens (tertiary/aromatic N) is 6. The lowest BCUT2D eigenvalue weighted by Gasteiger charge is -2.39. The molecule has 2 aliphatic rings. The minimum Gasteiger partial charge on any atom is -0.465 e. The number of aryl methyl sites for hydroxylation is 1. The number of urea groups is 1. The van der Waals surface area contributed by atoms with Gasteiger partial charge in [-0.05, 0) is 56.9 Å². The fourth-order valence-corrected chi connectivity index (χ4v) is 5.04. The maximum Gasteiger partial charge on any atom is 0.407 e. The molecule has 5 rings (SSSR count). The lowest BCUT2D eigenvalue weighted by atomic mass is 10.0. The van der Waals surface area contributed by atoms with Gasteiger partial charge in [0.25, 0.3) is 0 Å². The topological polar surface area (TPSA) is 138 Å². The summed E-state index contributed by atoms with van der Waals surface area (Å²) in [6.45, 7) is 8.74. The first kappa shape index (κ1) is 27.4. The predicted molar refractivity (Wildman–Crippen MR) is 149 cm³/mol. The molecule has 0 spiro atoms. The molecule has 2 saturated heterocycles. The van der Waals surface area contributed by atoms with Crippen molar-refractivity contribution >= 4 is 23.8 Å². The molecule has 2 fully saturated rings. The molecule has 0 bridgehead atoms. The third-order valence-electron chi connectivity index (χ3n) is 7.29. The van der Waals surface area contributed by atoms with Crippen LogP contribution < -0.4 is 10.6 Å². The number of carboxylic acid groups (broad SMARTS) is 1. The van der Waals surface area contributed by atoms with Gasteiger partial charge in [-0.2, -0.15) is 5.10 Å². The zero-order valence-electron chi connectivity index (χ0n) is 23.1. The van der Waals surface area contributed by atoms with Gasteiger partial charge < -0.3 is 30.3 Å². The molecule has 212 valence electrons. The zero-order valence-corrected chi connectivity index (χ0v) is 23.1. The van der Waals surface area contributed by atoms with E-state index in [1.165, 1.54) is 4.90 Å². The van der Waals surface area contributed by atoms with E-state index in [0.717, 1.165) is 40.9 Å². The van der Waals surface area contributed by atoms with Gasteiger partial charge in [-0.25, -0.2) is 19.6 Å². The van der Waals surface area contributed by atoms with E-state index in [0.29, 0.717) is 38.7 Å². The molecule has 1 aromatic carbocycles. The van der Waals surface area contributed by atoms with Crippen LogP contribution in [0, 0.1) is 6.92 Å². The summed E-state index contributed by atoms with van der Waals surface area (Å²) in [6.07, 6.45) is 6.21. The summed E-state index contributed by atoms with van der Waals surface area (Å²) in [6, 6.07) is 8.02. The number of hydrogen-bond donors (Lipinski definition) is 3. The second-order valence-corrected chi connectivity index (χ2v) is 10.6. The van der Waals surface area contributed by atoms with Crippen molar-refractivity contribution in [1.82, 2.24) is 34.9 Å². The van der Waals surface area contributed by atoms with Gasteiger partial charge in [-0.3, -0.25) is 4.68 Å². The highest BCUT2D eigenvalue weighted by Gasteiger charge is 2.31. The number of aromatic nitrogens is 4. The summed E-state index contributed by atoms with van der Waals surface area (Å²) in [5, 5.41) is 19.8. The lowest BCUT2D eigenvalue weighted by Crippen LogP contribution is -2.58. The quantitative estimate of drug-likeness (QED) is 0.384. The Bertz CT molecular complexity index is 1350. The summed E-state index contributed by atoms with van der Waals surface area (Å²) in [4.78, 5) is 35.8. The Hall–Kier alpha value is -4.19. The van der Waals surface area contributed by atoms with Gasteiger partial charge in [0, 0.05) is 37.6 Å². The van der Waals surface area contributed by atoms with E-state index in [4.69, 9.17) is 9.84 Å². The Morgan fingerprint density at radius 2 is 1.93 bits per heavy atom. The van der Waals surface area contributed by atoms with Crippen molar-refractivity contribution in [3.05, 3.63) is 54.0 Å². The van der Waals surface area contributed by atoms with E-state index >= 15 is 0 Å². The van der Waals surface area contributed by atoms with Crippen LogP contribution in [0.4, 0.5) is 21.2 Å². The molecule has 40 heavy (non-hydrogen) atoms. The number of benzene rings is 1. The minimum atomic E-state index is -0.872. The molecule has 3 amide bonds. The Labute approximate surface area is 233 Å². The van der Waals surface area contributed by atoms with Gasteiger partial charge >= 0.3 is 12.1 Å². The standard InChI is InChI=1S/C28H36N8O4/c1-18(2)40-24-16-35(17-24)27(37)30-13-21-5-4-20(12-19(21)3)25-6-9-29-26(33-25)32-22-14-31-36(15-22)23-7-10-34(11-8-23)28(38)39/h4-6,9,12,14-15,18,23-24H,7-8,10-11,13,16-17H2,1-3H3,(H,30,37)(H,38,39)(H,29,32,33). The molecular weight excluding hydrogens is 512 g/mol. The maximum absolute atomic E-state index is 12.5. The smallest absolute Gasteiger partial charge is 0.407 e. The summed E-state index contributed by atoms with van der Waals surface area (Å²) in [5.74, 6) is 0.459. The number of hydrogen-bond acceptors (Lipinski definition) is 7. The molecule has 12 heteroatoms. The number of nitrogens with one attached hydrogen (secondary N) is 2. The van der Waals surface area contributed by atoms with Crippen molar-refractivity contribution in [1.29, 1.82) is 0 Å². The van der Waals surface area contributed by atoms with Crippen LogP contribution in [0.1, 0.15) is 43.9 Å². The predicted octanol–water partition coefficient (Wildman–Crippen LogP) is 4.03. The zero-order chi connectivity index (χ0) is 28.2. The Kier molecular flexibility index (Phi) is 8.15. The van der Waals surface area contributed by atoms with Crippen molar-refractivity contribution in [2.75, 3.05) is 31.5 Å². The van der Waals surface area contributed by atoms with Crippen molar-refractivity contribution in [2.24, 2.45) is 0 Å². The summed E-state index contributed by atoms with van der Waals surface area (Å²) < 4.78 is 7.60. The summed E-state index contributed by atoms with van der Waals surface area (Å²) in [7, 11) is 0. The normalized spacial score (nSPS) is 16.2. The molecule has 3 N–H and O–H groups in total. The number of likely N-dealkylation sites (tertiary alicyclic amines) is 2. The summed E-state index contributed by atoms with van der Waals surface area (Å²) in [5.41, 5.74) is 4.61. The highest BCUT2D eigenvalue weighted by Crippen LogP contribution is 2.25. The van der Waals surface area contributed by atoms with Crippen LogP contribution in [0.25, 0.3) is 11.3 Å². The molecule has 2 aliphatic heterocycles. The fraction of sp³-hybridized carbons (Fsp3) is 0.464. The second kappa shape index (κ2) is 11.9. The molecule has 3 aromatic rings. The molecule has 12 nitrogen and oxygen atoms in total. The Morgan fingerprint density at radius 1 is 1.15 bits per heavy atom. The largest absolute Gasteiger partial charge is 0.465 e. The maximum atomic E-state index is 12.5. The third-order valence-corrected chi connectivity index (χ3v) is 7.29. The number of amides is 3. The Balaban J connectivity index is 1.16. The highest BCUT2D eigenvalue weighted by molar-refractivity contribution is 5.75. The van der Waals surface area contributed by atoms with Crippen LogP contribution in [-0.2, 0) is 11.3 Å². The fourth-order valence-electron chi connectivity index (χ4n) is 5.04. The van der Waals surface area contributed by atoms with Crippen LogP contribution in [0.15, 0.2) is 42.9 Å². The van der Waals surface area contributed by atoms with Crippen molar-refractivity contribution in [3.63, 3.8) is 0 Å². The van der Waals surface area contributed by atoms with Gasteiger partial charge in [0.1, 0.15) is 0 Å². The van der Waals surface area contributed by atoms with Gasteiger partial charge in [0.15, 0.2) is 0 Å². The molecule has 0 unspecified atom stereocenters. The number of piperidine rings is 1. The van der Waals surface area contributed by atoms with Gasteiger partial charge in [-0.1, -0.05) is 12.1 Å². The van der Waals surface area contributed by atoms with E-state index in [1.807, 2.05) is 49.8 Å². The average molecular weight is 549 g/mol. The number of rotatable bonds is 8. The van der Waals surface area contributed by atoms with Crippen LogP contribution >= 0.6 is 0 Å². The molecule has 2 aromatic heterocycles. The number of ether oxygens (including phenoxy) is 1. The van der Waals surface area contributed by atoms with Crippen molar-refractivity contribution < 1.29 is 19.4 Å². The van der Waals surface area contributed by atoms with Gasteiger partial charge in [0.05, 0.1) is 48.9 Å². The minimum absolute atomic E-state index is 0.0763. The first-order chi connectivity index (χ1) is 19.2. The van der Waals surface area contributed by atoms with Crippen molar-refractivity contribution in [3.8, 4) is 11.3 Å². The molecule has 0 radical (unpaired) electrons. The van der Waals surface area contributed by atoms with Crippen LogP contribution in [0.3, 0.4) is 0 Å². The third kappa shape index (κ3) is 6.50. The molecule has 4 heterocycles. The van der Waals surface area contributed by atoms with Crippen LogP contribution in [-0.4, -0.2) is 85.2 Å². The van der Waals surface area contributed by atoms with Gasteiger partial charge in [-0.15, -0.1) is 0 Å². The van der Waals surface area contributed by atoms with E-state index in [-0.39, 0.29) is 24.3 Å². The molecule has 0 atom stereocenters. The highest BCUT2D eigenvalue weighted by atomic mass is 16.5. The molecule has 0 aliphatic carbocycles. The van der Waals surface area contributed by atoms with E-state index in [2.05, 4.69) is 31.8 Å². The van der Waals surface area contributed by atoms with E-state index in [9.17, 15) is 9.59 Å². The molecular formula is C28H36N8O4. The summed E-state index contributed by atoms with van der Waals surface area (Å²) >= 11 is 0. The first-order valence-electron chi connectivity index (χ1n) is 13.7. The number of anilines is 2. The van der Waals surface area contributed by atoms with E-state index < -0.39 is 6.09 Å². The lowest BCUT2D eigenvalue weighted by molar-refractivity contribution is -0.0641. The first-order valence-corrected chi connectivity index (χ1v) is 13.7. The van der Waals surface area contributed by atoms with E-state index in [1.54, 1.807) is 17.3 Å². The second-order valence-electron chi connectivity index (χ2n) is 10.6. The van der Waals surface area contributed by atoms with Gasteiger partial charge in [0.2, 0.25) is 5.95 Å². The SMILES string of the molecule is Cc1cc(-c2ccnc(Nc3cnn(C4CCN(C(=O)O)CC4)c3)n2)ccc1CNC(=O)N1CC(OC(C)C)C1. The number of carbonyl (C=O) groups is 2. The van der Waals surface area contributed by atoms with Crippen molar-refractivity contribution in [2.45, 2.75) is 58.4 Å². The molecule has 0 saturated carbocycles. The van der Waals surface area contributed by atoms with Crippen LogP contribution in [0.5, 0.6) is 0 Å². The monoisotopic (exact) mass is 548 g/mol. The Morgan fingerprint density at radius 3 is 2.62 bits per heavy atom. The van der Waals surface area contributed by atoms with Crippen LogP contribution in [0.2, 0.25) is 0 Å². The number of carbonyl (C=O) groups excluding carboxylic acids is 1. The average Bonchev–Trinajstić information content (AvgIpc) is 3.38.